The Hall–Kier alpha value is -1.10. The van der Waals surface area contributed by atoms with Crippen molar-refractivity contribution in [3.05, 3.63) is 0 Å². The summed E-state index contributed by atoms with van der Waals surface area (Å²) in [4.78, 5) is 26.8. The number of nitrogens with zero attached hydrogens (tertiary/aromatic N) is 2. The normalized spacial score (nSPS) is 27.3. The minimum atomic E-state index is -0.158. The summed E-state index contributed by atoms with van der Waals surface area (Å²) in [5.41, 5.74) is 0. The highest BCUT2D eigenvalue weighted by atomic mass is 16.5. The summed E-state index contributed by atoms with van der Waals surface area (Å²) in [6.45, 7) is 5.37. The first-order chi connectivity index (χ1) is 7.11. The van der Waals surface area contributed by atoms with Gasteiger partial charge in [0, 0.05) is 12.6 Å². The lowest BCUT2D eigenvalue weighted by molar-refractivity contribution is -0.137. The largest absolute Gasteiger partial charge is 0.377 e. The van der Waals surface area contributed by atoms with Crippen LogP contribution in [0.25, 0.3) is 0 Å². The number of carbonyl (C=O) groups is 2. The first-order valence-corrected chi connectivity index (χ1v) is 5.31. The molecule has 15 heavy (non-hydrogen) atoms. The molecule has 1 atom stereocenters. The maximum Gasteiger partial charge on any atom is 0.327 e. The molecule has 0 spiro atoms. The zero-order valence-corrected chi connectivity index (χ0v) is 9.10. The second-order valence-corrected chi connectivity index (χ2v) is 4.27. The summed E-state index contributed by atoms with van der Waals surface area (Å²) in [5.74, 6) is -0.0817. The van der Waals surface area contributed by atoms with Gasteiger partial charge in [-0.2, -0.15) is 0 Å². The molecular weight excluding hydrogens is 196 g/mol. The highest BCUT2D eigenvalue weighted by Crippen LogP contribution is 2.21. The first-order valence-electron chi connectivity index (χ1n) is 5.31. The molecule has 0 N–H and O–H groups in total. The van der Waals surface area contributed by atoms with Crippen molar-refractivity contribution in [1.29, 1.82) is 0 Å². The topological polar surface area (TPSA) is 49.9 Å². The minimum absolute atomic E-state index is 0.0475. The van der Waals surface area contributed by atoms with E-state index < -0.39 is 0 Å². The van der Waals surface area contributed by atoms with Crippen molar-refractivity contribution in [3.63, 3.8) is 0 Å². The molecule has 0 aliphatic carbocycles. The molecule has 0 bridgehead atoms. The Morgan fingerprint density at radius 3 is 2.80 bits per heavy atom. The van der Waals surface area contributed by atoms with Crippen LogP contribution < -0.4 is 0 Å². The number of carbonyl (C=O) groups excluding carboxylic acids is 2. The smallest absolute Gasteiger partial charge is 0.327 e. The van der Waals surface area contributed by atoms with E-state index >= 15 is 0 Å². The molecule has 3 amide bonds. The summed E-state index contributed by atoms with van der Waals surface area (Å²) in [6, 6.07) is -0.267. The van der Waals surface area contributed by atoms with E-state index in [-0.39, 0.29) is 24.0 Å². The van der Waals surface area contributed by atoms with Gasteiger partial charge in [-0.1, -0.05) is 0 Å². The zero-order valence-electron chi connectivity index (χ0n) is 9.10. The number of morpholine rings is 1. The van der Waals surface area contributed by atoms with Crippen LogP contribution in [-0.2, 0) is 9.53 Å². The molecule has 2 fully saturated rings. The van der Waals surface area contributed by atoms with Gasteiger partial charge in [-0.05, 0) is 13.8 Å². The minimum Gasteiger partial charge on any atom is -0.377 e. The Balaban J connectivity index is 2.18. The summed E-state index contributed by atoms with van der Waals surface area (Å²) in [7, 11) is 0. The molecule has 1 unspecified atom stereocenters. The molecule has 0 radical (unpaired) electrons. The molecule has 0 aromatic carbocycles. The standard InChI is InChI=1S/C10H16N2O3/c1-7(2)12-9(13)5-8-6-15-4-3-11(8)10(12)14/h7-8H,3-6H2,1-2H3. The second-order valence-electron chi connectivity index (χ2n) is 4.27. The molecule has 5 nitrogen and oxygen atoms in total. The van der Waals surface area contributed by atoms with Gasteiger partial charge >= 0.3 is 6.03 Å². The molecule has 2 rings (SSSR count). The average molecular weight is 212 g/mol. The highest BCUT2D eigenvalue weighted by Gasteiger charge is 2.41. The van der Waals surface area contributed by atoms with Crippen LogP contribution in [0, 0.1) is 0 Å². The van der Waals surface area contributed by atoms with Gasteiger partial charge in [-0.15, -0.1) is 0 Å². The fourth-order valence-electron chi connectivity index (χ4n) is 2.13. The van der Waals surface area contributed by atoms with Crippen molar-refractivity contribution >= 4 is 11.9 Å². The number of fused-ring (bicyclic) bond motifs is 1. The van der Waals surface area contributed by atoms with E-state index in [0.717, 1.165) is 0 Å². The Labute approximate surface area is 89.0 Å². The van der Waals surface area contributed by atoms with Gasteiger partial charge in [0.1, 0.15) is 0 Å². The lowest BCUT2D eigenvalue weighted by Crippen LogP contribution is -2.62. The summed E-state index contributed by atoms with van der Waals surface area (Å²) >= 11 is 0. The maximum absolute atomic E-state index is 12.0. The number of amides is 3. The van der Waals surface area contributed by atoms with E-state index in [9.17, 15) is 9.59 Å². The number of hydrogen-bond acceptors (Lipinski definition) is 3. The van der Waals surface area contributed by atoms with Crippen LogP contribution in [0.1, 0.15) is 20.3 Å². The summed E-state index contributed by atoms with van der Waals surface area (Å²) in [6.07, 6.45) is 0.393. The fraction of sp³-hybridized carbons (Fsp3) is 0.800. The van der Waals surface area contributed by atoms with Crippen LogP contribution in [0.2, 0.25) is 0 Å². The molecule has 2 saturated heterocycles. The molecular formula is C10H16N2O3. The van der Waals surface area contributed by atoms with Gasteiger partial charge in [0.15, 0.2) is 0 Å². The molecule has 5 heteroatoms. The number of urea groups is 1. The third-order valence-corrected chi connectivity index (χ3v) is 2.87. The average Bonchev–Trinajstić information content (AvgIpc) is 2.17. The van der Waals surface area contributed by atoms with E-state index in [1.807, 2.05) is 13.8 Å². The Bertz CT molecular complexity index is 290. The summed E-state index contributed by atoms with van der Waals surface area (Å²) < 4.78 is 5.27. The van der Waals surface area contributed by atoms with E-state index in [2.05, 4.69) is 0 Å². The third-order valence-electron chi connectivity index (χ3n) is 2.87. The molecule has 0 aromatic rings. The molecule has 2 aliphatic heterocycles. The Morgan fingerprint density at radius 1 is 1.40 bits per heavy atom. The predicted octanol–water partition coefficient (Wildman–Crippen LogP) is 0.448. The second kappa shape index (κ2) is 3.81. The monoisotopic (exact) mass is 212 g/mol. The van der Waals surface area contributed by atoms with Crippen molar-refractivity contribution in [2.24, 2.45) is 0 Å². The fourth-order valence-corrected chi connectivity index (χ4v) is 2.13. The SMILES string of the molecule is CC(C)N1C(=O)CC2COCCN2C1=O. The molecule has 2 heterocycles. The quantitative estimate of drug-likeness (QED) is 0.634. The van der Waals surface area contributed by atoms with Crippen LogP contribution in [0.4, 0.5) is 4.79 Å². The van der Waals surface area contributed by atoms with Crippen LogP contribution in [0.3, 0.4) is 0 Å². The van der Waals surface area contributed by atoms with Gasteiger partial charge in [0.05, 0.1) is 25.7 Å². The number of hydrogen-bond donors (Lipinski definition) is 0. The molecule has 2 aliphatic rings. The Kier molecular flexibility index (Phi) is 2.65. The lowest BCUT2D eigenvalue weighted by Gasteiger charge is -2.43. The van der Waals surface area contributed by atoms with Gasteiger partial charge in [-0.3, -0.25) is 9.69 Å². The van der Waals surface area contributed by atoms with Crippen LogP contribution in [0.5, 0.6) is 0 Å². The number of ether oxygens (including phenoxy) is 1. The van der Waals surface area contributed by atoms with Crippen LogP contribution in [0.15, 0.2) is 0 Å². The van der Waals surface area contributed by atoms with Crippen LogP contribution in [-0.4, -0.2) is 53.6 Å². The molecule has 0 aromatic heterocycles. The molecule has 84 valence electrons. The first kappa shape index (κ1) is 10.4. The van der Waals surface area contributed by atoms with E-state index in [4.69, 9.17) is 4.74 Å². The van der Waals surface area contributed by atoms with Crippen molar-refractivity contribution in [2.45, 2.75) is 32.4 Å². The summed E-state index contributed by atoms with van der Waals surface area (Å²) in [5, 5.41) is 0. The highest BCUT2D eigenvalue weighted by molar-refractivity contribution is 5.97. The van der Waals surface area contributed by atoms with Gasteiger partial charge in [0.2, 0.25) is 5.91 Å². The van der Waals surface area contributed by atoms with Gasteiger partial charge in [-0.25, -0.2) is 4.79 Å². The lowest BCUT2D eigenvalue weighted by atomic mass is 10.1. The molecule has 0 saturated carbocycles. The van der Waals surface area contributed by atoms with Crippen molar-refractivity contribution in [2.75, 3.05) is 19.8 Å². The number of rotatable bonds is 1. The van der Waals surface area contributed by atoms with E-state index in [1.165, 1.54) is 4.90 Å². The zero-order chi connectivity index (χ0) is 11.0. The number of imide groups is 1. The van der Waals surface area contributed by atoms with Crippen molar-refractivity contribution in [3.8, 4) is 0 Å². The van der Waals surface area contributed by atoms with Crippen LogP contribution >= 0.6 is 0 Å². The van der Waals surface area contributed by atoms with Crippen molar-refractivity contribution in [1.82, 2.24) is 9.80 Å². The van der Waals surface area contributed by atoms with Crippen molar-refractivity contribution < 1.29 is 14.3 Å². The maximum atomic E-state index is 12.0. The third kappa shape index (κ3) is 1.71. The van der Waals surface area contributed by atoms with Gasteiger partial charge < -0.3 is 9.64 Å². The van der Waals surface area contributed by atoms with E-state index in [1.54, 1.807) is 4.90 Å². The Morgan fingerprint density at radius 2 is 2.13 bits per heavy atom. The van der Waals surface area contributed by atoms with Gasteiger partial charge in [0.25, 0.3) is 0 Å². The van der Waals surface area contributed by atoms with E-state index in [0.29, 0.717) is 26.2 Å². The predicted molar refractivity (Wildman–Crippen MR) is 53.3 cm³/mol.